The van der Waals surface area contributed by atoms with Crippen LogP contribution in [0.1, 0.15) is 36.8 Å². The molecule has 1 saturated heterocycles. The topological polar surface area (TPSA) is 109 Å². The highest BCUT2D eigenvalue weighted by atomic mass is 16.2. The number of carbonyl (C=O) groups is 1. The fourth-order valence-corrected chi connectivity index (χ4v) is 5.01. The van der Waals surface area contributed by atoms with Gasteiger partial charge in [-0.1, -0.05) is 6.07 Å². The van der Waals surface area contributed by atoms with E-state index in [1.165, 1.54) is 15.7 Å². The van der Waals surface area contributed by atoms with Crippen molar-refractivity contribution in [1.82, 2.24) is 24.7 Å². The summed E-state index contributed by atoms with van der Waals surface area (Å²) in [4.78, 5) is 33.4. The molecule has 2 fully saturated rings. The van der Waals surface area contributed by atoms with E-state index in [-0.39, 0.29) is 11.8 Å². The molecule has 0 atom stereocenters. The Balaban J connectivity index is 1.27. The molecule has 170 valence electrons. The molecule has 0 spiro atoms. The first-order valence-electron chi connectivity index (χ1n) is 11.5. The quantitative estimate of drug-likeness (QED) is 0.667. The van der Waals surface area contributed by atoms with E-state index in [2.05, 4.69) is 32.7 Å². The van der Waals surface area contributed by atoms with Gasteiger partial charge in [-0.05, 0) is 55.0 Å². The van der Waals surface area contributed by atoms with E-state index in [0.717, 1.165) is 57.5 Å². The molecule has 5 rings (SSSR count). The maximum Gasteiger partial charge on any atom is 0.354 e. The summed E-state index contributed by atoms with van der Waals surface area (Å²) >= 11 is 0. The van der Waals surface area contributed by atoms with E-state index in [1.54, 1.807) is 17.2 Å². The number of benzene rings is 1. The van der Waals surface area contributed by atoms with Gasteiger partial charge in [0.1, 0.15) is 5.82 Å². The van der Waals surface area contributed by atoms with Crippen molar-refractivity contribution in [3.63, 3.8) is 0 Å². The first-order valence-corrected chi connectivity index (χ1v) is 11.5. The second-order valence-corrected chi connectivity index (χ2v) is 9.06. The van der Waals surface area contributed by atoms with Crippen molar-refractivity contribution >= 4 is 11.8 Å². The number of nitrogens with one attached hydrogen (secondary N) is 2. The van der Waals surface area contributed by atoms with Crippen molar-refractivity contribution < 1.29 is 4.79 Å². The summed E-state index contributed by atoms with van der Waals surface area (Å²) in [5.41, 5.74) is 9.05. The third-order valence-electron chi connectivity index (χ3n) is 6.92. The highest BCUT2D eigenvalue weighted by molar-refractivity contribution is 5.88. The van der Waals surface area contributed by atoms with Crippen LogP contribution in [0.25, 0.3) is 5.69 Å². The standard InChI is InChI=1S/C23H31N7O2/c24-18-2-5-19(6-3-18)29-14-16-1-4-20(13-17(16)15-29)30-10-7-21(27-23(30)32)26-22(31)28-11-8-25-9-12-28/h1,4,7,10,13,18-19,25H,2-3,5-6,8-9,11-12,14-15,24H2,(H,26,27,31,32)/t18-,19-. The van der Waals surface area contributed by atoms with Crippen LogP contribution in [0.3, 0.4) is 0 Å². The zero-order valence-electron chi connectivity index (χ0n) is 18.3. The van der Waals surface area contributed by atoms with Gasteiger partial charge in [0.2, 0.25) is 0 Å². The monoisotopic (exact) mass is 437 g/mol. The predicted molar refractivity (Wildman–Crippen MR) is 123 cm³/mol. The van der Waals surface area contributed by atoms with Crippen LogP contribution in [-0.2, 0) is 13.1 Å². The molecule has 1 aromatic carbocycles. The Morgan fingerprint density at radius 2 is 1.81 bits per heavy atom. The van der Waals surface area contributed by atoms with Crippen LogP contribution in [-0.4, -0.2) is 63.6 Å². The molecule has 1 aromatic heterocycles. The number of amides is 2. The van der Waals surface area contributed by atoms with Gasteiger partial charge in [-0.2, -0.15) is 4.98 Å². The van der Waals surface area contributed by atoms with Gasteiger partial charge < -0.3 is 16.0 Å². The number of urea groups is 1. The summed E-state index contributed by atoms with van der Waals surface area (Å²) in [6, 6.07) is 8.57. The lowest BCUT2D eigenvalue weighted by Crippen LogP contribution is -2.48. The average molecular weight is 438 g/mol. The van der Waals surface area contributed by atoms with Gasteiger partial charge in [0.05, 0.1) is 5.69 Å². The van der Waals surface area contributed by atoms with Gasteiger partial charge in [0, 0.05) is 57.5 Å². The number of piperazine rings is 1. The van der Waals surface area contributed by atoms with E-state index in [9.17, 15) is 9.59 Å². The molecule has 3 heterocycles. The molecule has 1 saturated carbocycles. The molecular weight excluding hydrogens is 406 g/mol. The first kappa shape index (κ1) is 21.1. The van der Waals surface area contributed by atoms with Gasteiger partial charge >= 0.3 is 11.7 Å². The highest BCUT2D eigenvalue weighted by Crippen LogP contribution is 2.31. The number of aromatic nitrogens is 2. The van der Waals surface area contributed by atoms with Gasteiger partial charge in [-0.25, -0.2) is 9.59 Å². The van der Waals surface area contributed by atoms with E-state index in [1.807, 2.05) is 6.07 Å². The Kier molecular flexibility index (Phi) is 5.95. The molecule has 32 heavy (non-hydrogen) atoms. The van der Waals surface area contributed by atoms with Crippen LogP contribution in [0.4, 0.5) is 10.6 Å². The lowest BCUT2D eigenvalue weighted by molar-refractivity contribution is 0.150. The first-order chi connectivity index (χ1) is 15.6. The minimum Gasteiger partial charge on any atom is -0.328 e. The smallest absolute Gasteiger partial charge is 0.328 e. The van der Waals surface area contributed by atoms with Crippen molar-refractivity contribution in [2.75, 3.05) is 31.5 Å². The van der Waals surface area contributed by atoms with Crippen LogP contribution >= 0.6 is 0 Å². The van der Waals surface area contributed by atoms with Gasteiger partial charge in [-0.15, -0.1) is 0 Å². The number of rotatable bonds is 3. The normalized spacial score (nSPS) is 23.7. The van der Waals surface area contributed by atoms with Gasteiger partial charge in [-0.3, -0.25) is 14.8 Å². The van der Waals surface area contributed by atoms with Crippen LogP contribution in [0.2, 0.25) is 0 Å². The van der Waals surface area contributed by atoms with Gasteiger partial charge in [0.15, 0.2) is 0 Å². The molecule has 3 aliphatic rings. The Morgan fingerprint density at radius 1 is 1.06 bits per heavy atom. The zero-order chi connectivity index (χ0) is 22.1. The number of hydrogen-bond acceptors (Lipinski definition) is 6. The zero-order valence-corrected chi connectivity index (χ0v) is 18.3. The Hall–Kier alpha value is -2.75. The molecule has 0 radical (unpaired) electrons. The number of fused-ring (bicyclic) bond motifs is 1. The fraction of sp³-hybridized carbons (Fsp3) is 0.522. The maximum atomic E-state index is 12.7. The molecule has 9 heteroatoms. The number of hydrogen-bond donors (Lipinski definition) is 3. The van der Waals surface area contributed by atoms with Crippen molar-refractivity contribution in [2.45, 2.75) is 50.9 Å². The Labute approximate surface area is 187 Å². The third-order valence-corrected chi connectivity index (χ3v) is 6.92. The van der Waals surface area contributed by atoms with Crippen LogP contribution in [0.5, 0.6) is 0 Å². The van der Waals surface area contributed by atoms with E-state index < -0.39 is 5.69 Å². The highest BCUT2D eigenvalue weighted by Gasteiger charge is 2.29. The Morgan fingerprint density at radius 3 is 2.56 bits per heavy atom. The average Bonchev–Trinajstić information content (AvgIpc) is 3.23. The molecule has 2 aromatic rings. The van der Waals surface area contributed by atoms with E-state index in [0.29, 0.717) is 25.2 Å². The minimum atomic E-state index is -0.404. The number of nitrogens with zero attached hydrogens (tertiary/aromatic N) is 4. The second-order valence-electron chi connectivity index (χ2n) is 9.06. The SMILES string of the molecule is N[C@H]1CC[C@H](N2Cc3ccc(-n4ccc(NC(=O)N5CCNCC5)nc4=O)cc3C2)CC1. The number of anilines is 1. The third kappa shape index (κ3) is 4.41. The number of carbonyl (C=O) groups excluding carboxylic acids is 1. The molecule has 1 aliphatic carbocycles. The Bertz CT molecular complexity index is 1040. The van der Waals surface area contributed by atoms with E-state index in [4.69, 9.17) is 5.73 Å². The summed E-state index contributed by atoms with van der Waals surface area (Å²) in [5.74, 6) is 0.276. The maximum absolute atomic E-state index is 12.7. The largest absolute Gasteiger partial charge is 0.354 e. The van der Waals surface area contributed by atoms with Crippen LogP contribution in [0.15, 0.2) is 35.3 Å². The molecule has 0 bridgehead atoms. The fourth-order valence-electron chi connectivity index (χ4n) is 5.01. The molecule has 9 nitrogen and oxygen atoms in total. The summed E-state index contributed by atoms with van der Waals surface area (Å²) in [7, 11) is 0. The molecule has 2 aliphatic heterocycles. The molecule has 4 N–H and O–H groups in total. The molecule has 0 unspecified atom stereocenters. The minimum absolute atomic E-state index is 0.225. The predicted octanol–water partition coefficient (Wildman–Crippen LogP) is 1.26. The lowest BCUT2D eigenvalue weighted by atomic mass is 9.91. The number of nitrogens with two attached hydrogens (primary N) is 1. The summed E-state index contributed by atoms with van der Waals surface area (Å²) < 4.78 is 1.53. The van der Waals surface area contributed by atoms with Crippen LogP contribution < -0.4 is 22.1 Å². The summed E-state index contributed by atoms with van der Waals surface area (Å²) in [6.07, 6.45) is 6.20. The van der Waals surface area contributed by atoms with Crippen molar-refractivity contribution in [3.8, 4) is 5.69 Å². The molecular formula is C23H31N7O2. The van der Waals surface area contributed by atoms with Gasteiger partial charge in [0.25, 0.3) is 0 Å². The summed E-state index contributed by atoms with van der Waals surface area (Å²) in [5, 5.41) is 5.95. The molecule has 2 amide bonds. The van der Waals surface area contributed by atoms with Crippen molar-refractivity contribution in [3.05, 3.63) is 52.1 Å². The second kappa shape index (κ2) is 9.01. The lowest BCUT2D eigenvalue weighted by Gasteiger charge is -2.33. The van der Waals surface area contributed by atoms with Crippen LogP contribution in [0, 0.1) is 0 Å². The van der Waals surface area contributed by atoms with Crippen molar-refractivity contribution in [1.29, 1.82) is 0 Å². The summed E-state index contributed by atoms with van der Waals surface area (Å²) in [6.45, 7) is 4.69. The van der Waals surface area contributed by atoms with Crippen molar-refractivity contribution in [2.24, 2.45) is 5.73 Å². The van der Waals surface area contributed by atoms with E-state index >= 15 is 0 Å².